The van der Waals surface area contributed by atoms with Gasteiger partial charge in [-0.1, -0.05) is 157 Å². The van der Waals surface area contributed by atoms with Gasteiger partial charge in [0.1, 0.15) is 30.5 Å². The molecule has 0 aromatic rings. The van der Waals surface area contributed by atoms with Gasteiger partial charge in [0.25, 0.3) is 0 Å². The number of rotatable bonds is 41. The van der Waals surface area contributed by atoms with Crippen LogP contribution in [0, 0.1) is 0 Å². The molecule has 1 rings (SSSR count). The van der Waals surface area contributed by atoms with Gasteiger partial charge in [-0.3, -0.25) is 9.35 Å². The summed E-state index contributed by atoms with van der Waals surface area (Å²) < 4.78 is 59.1. The van der Waals surface area contributed by atoms with E-state index < -0.39 is 59.8 Å². The van der Waals surface area contributed by atoms with E-state index >= 15 is 0 Å². The third kappa shape index (κ3) is 34.6. The number of aliphatic hydroxyl groups excluding tert-OH is 3. The quantitative estimate of drug-likeness (QED) is 0.0198. The monoisotopic (exact) mass is 923 g/mol. The highest BCUT2D eigenvalue weighted by atomic mass is 32.3. The Balaban J connectivity index is 2.43. The molecule has 0 amide bonds. The normalized spacial score (nSPS) is 20.5. The first-order valence-corrected chi connectivity index (χ1v) is 25.7. The minimum absolute atomic E-state index is 0.00504. The van der Waals surface area contributed by atoms with Crippen LogP contribution in [0.4, 0.5) is 0 Å². The fourth-order valence-electron chi connectivity index (χ4n) is 6.85. The zero-order chi connectivity index (χ0) is 46.8. The molecule has 0 saturated carbocycles. The van der Waals surface area contributed by atoms with Crippen LogP contribution >= 0.6 is 0 Å². The van der Waals surface area contributed by atoms with E-state index in [4.69, 9.17) is 18.9 Å². The minimum Gasteiger partial charge on any atom is -0.457 e. The van der Waals surface area contributed by atoms with Crippen molar-refractivity contribution in [2.45, 2.75) is 205 Å². The lowest BCUT2D eigenvalue weighted by Gasteiger charge is -2.41. The van der Waals surface area contributed by atoms with Gasteiger partial charge in [0.2, 0.25) is 0 Å². The standard InChI is InChI=1S/C51H86O12S/c1-3-5-7-9-11-13-15-17-19-20-21-22-23-24-25-27-29-31-33-35-37-39-41-59-43-45(44-60-51-49(55)50(63-64(56,57)58)48(54)46(42-52)62-51)61-47(53)40-38-36-34-32-30-28-26-18-16-14-12-10-8-6-4-2/h5,7,11,13,17-19,21-22,24-26,29,31,45-46,48-52,54-55H,3-4,6,8-10,12,14-16,20,23,27-28,30,32-44H2,1-2H3,(H,56,57,58)/b7-5-,13-11-,19-17-,22-21-,25-24-,26-18-,31-29-. The van der Waals surface area contributed by atoms with E-state index in [0.29, 0.717) is 13.0 Å². The van der Waals surface area contributed by atoms with Crippen molar-refractivity contribution in [3.05, 3.63) is 85.1 Å². The lowest BCUT2D eigenvalue weighted by Crippen LogP contribution is -2.60. The van der Waals surface area contributed by atoms with E-state index in [0.717, 1.165) is 103 Å². The van der Waals surface area contributed by atoms with E-state index in [9.17, 15) is 33.1 Å². The Kier molecular flexibility index (Phi) is 38.6. The van der Waals surface area contributed by atoms with Crippen LogP contribution in [0.5, 0.6) is 0 Å². The number of esters is 1. The van der Waals surface area contributed by atoms with Crippen LogP contribution in [-0.4, -0.2) is 97.5 Å². The number of hydrogen-bond donors (Lipinski definition) is 4. The van der Waals surface area contributed by atoms with Gasteiger partial charge >= 0.3 is 16.4 Å². The van der Waals surface area contributed by atoms with Gasteiger partial charge < -0.3 is 34.3 Å². The topological polar surface area (TPSA) is 178 Å². The van der Waals surface area contributed by atoms with E-state index in [1.165, 1.54) is 38.5 Å². The van der Waals surface area contributed by atoms with Crippen molar-refractivity contribution in [2.75, 3.05) is 26.4 Å². The van der Waals surface area contributed by atoms with Crippen molar-refractivity contribution in [2.24, 2.45) is 0 Å². The van der Waals surface area contributed by atoms with Crippen LogP contribution < -0.4 is 0 Å². The highest BCUT2D eigenvalue weighted by molar-refractivity contribution is 7.80. The van der Waals surface area contributed by atoms with Crippen LogP contribution in [-0.2, 0) is 38.3 Å². The summed E-state index contributed by atoms with van der Waals surface area (Å²) in [6.45, 7) is 3.76. The fourth-order valence-corrected chi connectivity index (χ4v) is 7.35. The van der Waals surface area contributed by atoms with Gasteiger partial charge in [-0.25, -0.2) is 4.18 Å². The molecule has 1 aliphatic heterocycles. The molecule has 1 saturated heterocycles. The molecule has 1 aliphatic rings. The number of carbonyl (C=O) groups excluding carboxylic acids is 1. The molecule has 6 unspecified atom stereocenters. The number of aliphatic hydroxyl groups is 3. The Hall–Kier alpha value is -2.72. The number of carbonyl (C=O) groups is 1. The van der Waals surface area contributed by atoms with Gasteiger partial charge in [0.05, 0.1) is 19.8 Å². The van der Waals surface area contributed by atoms with Crippen molar-refractivity contribution in [3.63, 3.8) is 0 Å². The minimum atomic E-state index is -5.07. The molecule has 0 aromatic carbocycles. The predicted molar refractivity (Wildman–Crippen MR) is 257 cm³/mol. The number of allylic oxidation sites excluding steroid dienone is 14. The Morgan fingerprint density at radius 1 is 0.609 bits per heavy atom. The second-order valence-electron chi connectivity index (χ2n) is 16.3. The zero-order valence-electron chi connectivity index (χ0n) is 39.3. The second-order valence-corrected chi connectivity index (χ2v) is 17.4. The molecule has 0 bridgehead atoms. The molecule has 13 heteroatoms. The predicted octanol–water partition coefficient (Wildman–Crippen LogP) is 10.9. The molecule has 0 spiro atoms. The average Bonchev–Trinajstić information content (AvgIpc) is 3.27. The fraction of sp³-hybridized carbons (Fsp3) is 0.706. The maximum atomic E-state index is 12.9. The Bertz CT molecular complexity index is 1440. The number of unbranched alkanes of at least 4 members (excludes halogenated alkanes) is 14. The van der Waals surface area contributed by atoms with E-state index in [-0.39, 0.29) is 19.6 Å². The molecular formula is C51H86O12S. The summed E-state index contributed by atoms with van der Waals surface area (Å²) >= 11 is 0. The molecule has 6 atom stereocenters. The van der Waals surface area contributed by atoms with Crippen molar-refractivity contribution >= 4 is 16.4 Å². The van der Waals surface area contributed by atoms with Crippen LogP contribution in [0.3, 0.4) is 0 Å². The highest BCUT2D eigenvalue weighted by Gasteiger charge is 2.48. The third-order valence-corrected chi connectivity index (χ3v) is 11.0. The Labute approximate surface area is 387 Å². The lowest BCUT2D eigenvalue weighted by atomic mass is 9.99. The van der Waals surface area contributed by atoms with E-state index in [1.807, 2.05) is 0 Å². The average molecular weight is 923 g/mol. The first-order valence-electron chi connectivity index (χ1n) is 24.3. The van der Waals surface area contributed by atoms with Gasteiger partial charge in [-0.05, 0) is 89.9 Å². The summed E-state index contributed by atoms with van der Waals surface area (Å²) in [7, 11) is -5.07. The third-order valence-electron chi connectivity index (χ3n) is 10.5. The summed E-state index contributed by atoms with van der Waals surface area (Å²) in [6.07, 6.45) is 46.1. The molecule has 0 aliphatic carbocycles. The number of ether oxygens (including phenoxy) is 4. The van der Waals surface area contributed by atoms with E-state index in [1.54, 1.807) is 0 Å². The van der Waals surface area contributed by atoms with Crippen LogP contribution in [0.2, 0.25) is 0 Å². The number of hydrogen-bond acceptors (Lipinski definition) is 11. The molecule has 0 aromatic heterocycles. The summed E-state index contributed by atoms with van der Waals surface area (Å²) in [5, 5.41) is 30.7. The zero-order valence-corrected chi connectivity index (χ0v) is 40.1. The van der Waals surface area contributed by atoms with Gasteiger partial charge in [-0.15, -0.1) is 0 Å². The molecular weight excluding hydrogens is 837 g/mol. The van der Waals surface area contributed by atoms with Gasteiger partial charge in [0.15, 0.2) is 6.29 Å². The molecule has 1 heterocycles. The summed E-state index contributed by atoms with van der Waals surface area (Å²) in [6, 6.07) is 0. The maximum Gasteiger partial charge on any atom is 0.397 e. The molecule has 368 valence electrons. The molecule has 12 nitrogen and oxygen atoms in total. The highest BCUT2D eigenvalue weighted by Crippen LogP contribution is 2.26. The first kappa shape index (κ1) is 59.3. The van der Waals surface area contributed by atoms with Crippen molar-refractivity contribution in [1.82, 2.24) is 0 Å². The smallest absolute Gasteiger partial charge is 0.397 e. The van der Waals surface area contributed by atoms with E-state index in [2.05, 4.69) is 103 Å². The van der Waals surface area contributed by atoms with Crippen molar-refractivity contribution in [3.8, 4) is 0 Å². The molecule has 0 radical (unpaired) electrons. The molecule has 4 N–H and O–H groups in total. The second kappa shape index (κ2) is 41.7. The van der Waals surface area contributed by atoms with Crippen LogP contribution in [0.15, 0.2) is 85.1 Å². The van der Waals surface area contributed by atoms with Crippen LogP contribution in [0.1, 0.15) is 168 Å². The Morgan fingerprint density at radius 2 is 1.08 bits per heavy atom. The first-order chi connectivity index (χ1) is 31.1. The lowest BCUT2D eigenvalue weighted by molar-refractivity contribution is -0.301. The van der Waals surface area contributed by atoms with Gasteiger partial charge in [0, 0.05) is 13.0 Å². The largest absolute Gasteiger partial charge is 0.457 e. The summed E-state index contributed by atoms with van der Waals surface area (Å²) in [5.74, 6) is -0.424. The summed E-state index contributed by atoms with van der Waals surface area (Å²) in [5.41, 5.74) is 0. The molecule has 1 fully saturated rings. The van der Waals surface area contributed by atoms with Gasteiger partial charge in [-0.2, -0.15) is 8.42 Å². The van der Waals surface area contributed by atoms with Crippen LogP contribution in [0.25, 0.3) is 0 Å². The maximum absolute atomic E-state index is 12.9. The Morgan fingerprint density at radius 3 is 1.59 bits per heavy atom. The molecule has 64 heavy (non-hydrogen) atoms. The van der Waals surface area contributed by atoms with Crippen molar-refractivity contribution < 1.29 is 56.2 Å². The SMILES string of the molecule is CC/C=C\C/C=C\C/C=C\C/C=C\C/C=C\C/C=C\CCCCCOCC(COC1OC(CO)C(O)C(OS(=O)(=O)O)C1O)OC(=O)CCCCCCC/C=C\CCCCCCCC. The summed E-state index contributed by atoms with van der Waals surface area (Å²) in [4.78, 5) is 12.9. The van der Waals surface area contributed by atoms with Crippen molar-refractivity contribution in [1.29, 1.82) is 0 Å².